The molecule has 0 spiro atoms. The molecule has 0 heterocycles. The molecule has 1 unspecified atom stereocenters. The first-order valence-corrected chi connectivity index (χ1v) is 8.56. The molecular weight excluding hydrogens is 239 g/mol. The molecule has 0 fully saturated rings. The third-order valence-corrected chi connectivity index (χ3v) is 4.45. The molecule has 18 heavy (non-hydrogen) atoms. The highest BCUT2D eigenvalue weighted by atomic mass is 31.1. The minimum atomic E-state index is 0.786. The monoisotopic (exact) mass is 270 g/mol. The summed E-state index contributed by atoms with van der Waals surface area (Å²) in [6.45, 7) is 9.12. The summed E-state index contributed by atoms with van der Waals surface area (Å²) in [4.78, 5) is 0. The van der Waals surface area contributed by atoms with Gasteiger partial charge in [0.1, 0.15) is 0 Å². The summed E-state index contributed by atoms with van der Waals surface area (Å²) in [6.07, 6.45) is 10.8. The molecule has 0 saturated carbocycles. The molecule has 1 N–H and O–H groups in total. The molecule has 2 nitrogen and oxygen atoms in total. The Bertz CT molecular complexity index is 235. The van der Waals surface area contributed by atoms with Gasteiger partial charge in [-0.1, -0.05) is 55.5 Å². The van der Waals surface area contributed by atoms with E-state index in [1.54, 1.807) is 6.20 Å². The van der Waals surface area contributed by atoms with Crippen LogP contribution >= 0.6 is 8.58 Å². The molecule has 0 rings (SSSR count). The van der Waals surface area contributed by atoms with Crippen molar-refractivity contribution < 1.29 is 0 Å². The van der Waals surface area contributed by atoms with Gasteiger partial charge in [-0.3, -0.25) is 0 Å². The van der Waals surface area contributed by atoms with Gasteiger partial charge in [-0.2, -0.15) is 5.11 Å². The van der Waals surface area contributed by atoms with Gasteiger partial charge in [-0.25, -0.2) is 5.53 Å². The third kappa shape index (κ3) is 12.2. The van der Waals surface area contributed by atoms with E-state index in [4.69, 9.17) is 5.53 Å². The summed E-state index contributed by atoms with van der Waals surface area (Å²) >= 11 is 0. The Balaban J connectivity index is 3.70. The van der Waals surface area contributed by atoms with E-state index >= 15 is 0 Å². The zero-order valence-corrected chi connectivity index (χ0v) is 13.6. The van der Waals surface area contributed by atoms with Crippen molar-refractivity contribution in [2.45, 2.75) is 66.2 Å². The van der Waals surface area contributed by atoms with E-state index in [0.29, 0.717) is 0 Å². The van der Waals surface area contributed by atoms with E-state index in [0.717, 1.165) is 26.8 Å². The normalized spacial score (nSPS) is 13.1. The Morgan fingerprint density at radius 2 is 1.67 bits per heavy atom. The van der Waals surface area contributed by atoms with Gasteiger partial charge >= 0.3 is 0 Å². The van der Waals surface area contributed by atoms with Crippen LogP contribution in [0.15, 0.2) is 16.6 Å². The van der Waals surface area contributed by atoms with Crippen LogP contribution in [0.4, 0.5) is 0 Å². The molecule has 1 atom stereocenters. The van der Waals surface area contributed by atoms with Crippen LogP contribution in [0.3, 0.4) is 0 Å². The lowest BCUT2D eigenvalue weighted by atomic mass is 10.1. The zero-order chi connectivity index (χ0) is 13.8. The smallest absolute Gasteiger partial charge is 0.0522 e. The highest BCUT2D eigenvalue weighted by molar-refractivity contribution is 7.43. The number of unbranched alkanes of at least 4 members (excludes halogenated alkanes) is 1. The van der Waals surface area contributed by atoms with Crippen molar-refractivity contribution in [1.29, 1.82) is 5.53 Å². The van der Waals surface area contributed by atoms with Crippen LogP contribution in [-0.2, 0) is 0 Å². The molecule has 0 aliphatic carbocycles. The molecule has 0 bridgehead atoms. The van der Waals surface area contributed by atoms with Crippen molar-refractivity contribution in [3.8, 4) is 0 Å². The van der Waals surface area contributed by atoms with Crippen molar-refractivity contribution in [2.75, 3.05) is 6.16 Å². The van der Waals surface area contributed by atoms with Gasteiger partial charge in [0, 0.05) is 0 Å². The molecular formula is C15H31N2P. The maximum absolute atomic E-state index is 6.98. The Morgan fingerprint density at radius 3 is 2.22 bits per heavy atom. The Hall–Kier alpha value is -0.230. The predicted molar refractivity (Wildman–Crippen MR) is 83.8 cm³/mol. The van der Waals surface area contributed by atoms with E-state index in [1.165, 1.54) is 43.6 Å². The van der Waals surface area contributed by atoms with Crippen molar-refractivity contribution in [1.82, 2.24) is 0 Å². The lowest BCUT2D eigenvalue weighted by Crippen LogP contribution is -1.89. The second-order valence-electron chi connectivity index (χ2n) is 5.89. The fraction of sp³-hybridized carbons (Fsp3) is 0.867. The predicted octanol–water partition coefficient (Wildman–Crippen LogP) is 6.19. The quantitative estimate of drug-likeness (QED) is 0.264. The SMILES string of the molecule is CC(C)CCCCP/C(=C\N=N)CCCC(C)C. The van der Waals surface area contributed by atoms with Crippen molar-refractivity contribution in [3.05, 3.63) is 11.5 Å². The van der Waals surface area contributed by atoms with Crippen LogP contribution in [0.1, 0.15) is 66.2 Å². The fourth-order valence-electron chi connectivity index (χ4n) is 1.90. The largest absolute Gasteiger partial charge is 0.205 e. The fourth-order valence-corrected chi connectivity index (χ4v) is 3.16. The number of hydrogen-bond donors (Lipinski definition) is 1. The first kappa shape index (κ1) is 17.8. The van der Waals surface area contributed by atoms with Crippen LogP contribution in [0.2, 0.25) is 0 Å². The number of nitrogens with zero attached hydrogens (tertiary/aromatic N) is 1. The molecule has 0 amide bonds. The zero-order valence-electron chi connectivity index (χ0n) is 12.6. The minimum absolute atomic E-state index is 0.786. The summed E-state index contributed by atoms with van der Waals surface area (Å²) in [7, 11) is 0.884. The molecule has 0 radical (unpaired) electrons. The number of rotatable bonds is 11. The molecule has 0 aliphatic heterocycles. The lowest BCUT2D eigenvalue weighted by Gasteiger charge is -2.09. The highest BCUT2D eigenvalue weighted by Gasteiger charge is 2.01. The number of hydrogen-bond acceptors (Lipinski definition) is 2. The molecule has 0 aromatic rings. The third-order valence-electron chi connectivity index (χ3n) is 3.01. The van der Waals surface area contributed by atoms with Crippen LogP contribution in [0, 0.1) is 17.4 Å². The Morgan fingerprint density at radius 1 is 1.06 bits per heavy atom. The maximum Gasteiger partial charge on any atom is 0.0522 e. The minimum Gasteiger partial charge on any atom is -0.205 e. The van der Waals surface area contributed by atoms with Crippen LogP contribution < -0.4 is 0 Å². The summed E-state index contributed by atoms with van der Waals surface area (Å²) in [5, 5.41) is 4.85. The van der Waals surface area contributed by atoms with Gasteiger partial charge in [0.25, 0.3) is 0 Å². The van der Waals surface area contributed by atoms with Crippen LogP contribution in [0.5, 0.6) is 0 Å². The number of nitrogens with one attached hydrogen (secondary N) is 1. The van der Waals surface area contributed by atoms with Gasteiger partial charge < -0.3 is 0 Å². The van der Waals surface area contributed by atoms with Crippen molar-refractivity contribution >= 4 is 8.58 Å². The Labute approximate surface area is 115 Å². The van der Waals surface area contributed by atoms with Crippen molar-refractivity contribution in [2.24, 2.45) is 17.0 Å². The second-order valence-corrected chi connectivity index (χ2v) is 7.38. The maximum atomic E-state index is 6.98. The standard InChI is InChI=1S/C15H31N2P/c1-13(2)8-5-6-11-18-15(12-17-16)10-7-9-14(3)4/h12-14,16,18H,5-11H2,1-4H3/b15-12-,17-16?. The van der Waals surface area contributed by atoms with Gasteiger partial charge in [0.2, 0.25) is 0 Å². The lowest BCUT2D eigenvalue weighted by molar-refractivity contribution is 0.551. The molecule has 0 saturated heterocycles. The van der Waals surface area contributed by atoms with E-state index in [2.05, 4.69) is 32.8 Å². The first-order valence-electron chi connectivity index (χ1n) is 7.35. The topological polar surface area (TPSA) is 36.2 Å². The van der Waals surface area contributed by atoms with Gasteiger partial charge in [0.05, 0.1) is 6.20 Å². The van der Waals surface area contributed by atoms with E-state index in [1.807, 2.05) is 0 Å². The van der Waals surface area contributed by atoms with Crippen molar-refractivity contribution in [3.63, 3.8) is 0 Å². The highest BCUT2D eigenvalue weighted by Crippen LogP contribution is 2.30. The molecule has 0 aromatic heterocycles. The summed E-state index contributed by atoms with van der Waals surface area (Å²) in [5.74, 6) is 1.62. The van der Waals surface area contributed by atoms with Gasteiger partial charge in [0.15, 0.2) is 0 Å². The first-order chi connectivity index (χ1) is 8.56. The molecule has 0 aliphatic rings. The second kappa shape index (κ2) is 11.8. The van der Waals surface area contributed by atoms with Gasteiger partial charge in [-0.15, -0.1) is 0 Å². The van der Waals surface area contributed by atoms with Crippen LogP contribution in [-0.4, -0.2) is 6.16 Å². The van der Waals surface area contributed by atoms with E-state index < -0.39 is 0 Å². The Kier molecular flexibility index (Phi) is 11.7. The molecule has 0 aromatic carbocycles. The van der Waals surface area contributed by atoms with E-state index in [9.17, 15) is 0 Å². The summed E-state index contributed by atoms with van der Waals surface area (Å²) in [6, 6.07) is 0. The van der Waals surface area contributed by atoms with Gasteiger partial charge in [-0.05, 0) is 42.6 Å². The van der Waals surface area contributed by atoms with Crippen LogP contribution in [0.25, 0.3) is 0 Å². The number of allylic oxidation sites excluding steroid dienone is 1. The average Bonchev–Trinajstić information content (AvgIpc) is 2.27. The summed E-state index contributed by atoms with van der Waals surface area (Å²) < 4.78 is 0. The average molecular weight is 270 g/mol. The molecule has 106 valence electrons. The van der Waals surface area contributed by atoms with E-state index in [-0.39, 0.29) is 0 Å². The summed E-state index contributed by atoms with van der Waals surface area (Å²) in [5.41, 5.74) is 6.98. The molecule has 3 heteroatoms.